The highest BCUT2D eigenvalue weighted by Gasteiger charge is 2.29. The van der Waals surface area contributed by atoms with Gasteiger partial charge >= 0.3 is 12.1 Å². The molecule has 0 spiro atoms. The summed E-state index contributed by atoms with van der Waals surface area (Å²) < 4.78 is 10.7. The van der Waals surface area contributed by atoms with Gasteiger partial charge in [-0.1, -0.05) is 53.6 Å². The Hall–Kier alpha value is -3.51. The zero-order chi connectivity index (χ0) is 22.4. The van der Waals surface area contributed by atoms with E-state index in [2.05, 4.69) is 27.5 Å². The summed E-state index contributed by atoms with van der Waals surface area (Å²) in [6.07, 6.45) is -0.478. The van der Waals surface area contributed by atoms with Crippen LogP contribution >= 0.6 is 0 Å². The molecule has 1 amide bonds. The van der Waals surface area contributed by atoms with Gasteiger partial charge in [-0.05, 0) is 55.0 Å². The van der Waals surface area contributed by atoms with E-state index in [1.807, 2.05) is 36.4 Å². The van der Waals surface area contributed by atoms with Gasteiger partial charge in [-0.25, -0.2) is 4.79 Å². The number of benzene rings is 2. The summed E-state index contributed by atoms with van der Waals surface area (Å²) in [7, 11) is 0. The van der Waals surface area contributed by atoms with Crippen LogP contribution in [0.25, 0.3) is 21.6 Å². The molecule has 0 heterocycles. The fourth-order valence-corrected chi connectivity index (χ4v) is 3.62. The lowest BCUT2D eigenvalue weighted by molar-refractivity contribution is -0.156. The molecular formula is C23H26N4O4. The molecule has 8 heteroatoms. The number of hydrogen-bond acceptors (Lipinski definition) is 5. The monoisotopic (exact) mass is 422 g/mol. The quantitative estimate of drug-likeness (QED) is 0.295. The second kappa shape index (κ2) is 9.53. The van der Waals surface area contributed by atoms with Gasteiger partial charge in [0.2, 0.25) is 0 Å². The van der Waals surface area contributed by atoms with Crippen LogP contribution in [-0.4, -0.2) is 36.9 Å². The third-order valence-electron chi connectivity index (χ3n) is 4.90. The first-order valence-electron chi connectivity index (χ1n) is 10.2. The first kappa shape index (κ1) is 22.2. The van der Waals surface area contributed by atoms with Gasteiger partial charge in [0.1, 0.15) is 18.2 Å². The lowest BCUT2D eigenvalue weighted by atomic mass is 9.98. The number of amides is 1. The summed E-state index contributed by atoms with van der Waals surface area (Å²) >= 11 is 0. The number of fused-ring (bicyclic) bond motifs is 3. The van der Waals surface area contributed by atoms with Crippen LogP contribution in [0.1, 0.15) is 44.2 Å². The lowest BCUT2D eigenvalue weighted by Crippen LogP contribution is -2.34. The molecule has 0 radical (unpaired) electrons. The SMILES string of the molecule is CC(C)(C)OC(=O)[C@H](CCNC(=O)OCC1c2ccccc2-c2ccccc21)N=[N+]=[N-]. The Morgan fingerprint density at radius 3 is 2.23 bits per heavy atom. The number of rotatable bonds is 7. The molecule has 1 aliphatic rings. The van der Waals surface area contributed by atoms with Crippen LogP contribution in [0.15, 0.2) is 53.6 Å². The highest BCUT2D eigenvalue weighted by Crippen LogP contribution is 2.44. The molecule has 0 fully saturated rings. The van der Waals surface area contributed by atoms with Crippen molar-refractivity contribution < 1.29 is 19.1 Å². The van der Waals surface area contributed by atoms with Crippen LogP contribution in [-0.2, 0) is 14.3 Å². The molecule has 162 valence electrons. The lowest BCUT2D eigenvalue weighted by Gasteiger charge is -2.22. The molecule has 0 unspecified atom stereocenters. The van der Waals surface area contributed by atoms with E-state index in [0.717, 1.165) is 22.3 Å². The van der Waals surface area contributed by atoms with E-state index in [4.69, 9.17) is 15.0 Å². The van der Waals surface area contributed by atoms with Crippen molar-refractivity contribution in [2.75, 3.05) is 13.2 Å². The topological polar surface area (TPSA) is 113 Å². The van der Waals surface area contributed by atoms with E-state index in [-0.39, 0.29) is 25.5 Å². The number of alkyl carbamates (subject to hydrolysis) is 1. The van der Waals surface area contributed by atoms with Gasteiger partial charge in [0.25, 0.3) is 0 Å². The molecule has 1 N–H and O–H groups in total. The highest BCUT2D eigenvalue weighted by molar-refractivity contribution is 5.79. The third kappa shape index (κ3) is 5.55. The molecule has 0 bridgehead atoms. The van der Waals surface area contributed by atoms with Crippen LogP contribution in [0.4, 0.5) is 4.79 Å². The minimum absolute atomic E-state index is 0.0316. The number of azide groups is 1. The number of carbonyl (C=O) groups excluding carboxylic acids is 2. The van der Waals surface area contributed by atoms with E-state index >= 15 is 0 Å². The molecule has 0 aliphatic heterocycles. The number of ether oxygens (including phenoxy) is 2. The molecule has 0 saturated carbocycles. The summed E-state index contributed by atoms with van der Waals surface area (Å²) in [5.74, 6) is -0.657. The Morgan fingerprint density at radius 1 is 1.10 bits per heavy atom. The van der Waals surface area contributed by atoms with Gasteiger partial charge < -0.3 is 14.8 Å². The second-order valence-corrected chi connectivity index (χ2v) is 8.30. The number of hydrogen-bond donors (Lipinski definition) is 1. The van der Waals surface area contributed by atoms with Gasteiger partial charge in [-0.3, -0.25) is 4.79 Å². The molecule has 1 aliphatic carbocycles. The maximum Gasteiger partial charge on any atom is 0.407 e. The summed E-state index contributed by atoms with van der Waals surface area (Å²) in [6, 6.07) is 15.2. The molecule has 0 aromatic heterocycles. The Labute approximate surface area is 181 Å². The summed E-state index contributed by atoms with van der Waals surface area (Å²) in [4.78, 5) is 27.0. The predicted molar refractivity (Wildman–Crippen MR) is 116 cm³/mol. The van der Waals surface area contributed by atoms with Crippen LogP contribution in [0, 0.1) is 0 Å². The highest BCUT2D eigenvalue weighted by atomic mass is 16.6. The van der Waals surface area contributed by atoms with Gasteiger partial charge in [0.05, 0.1) is 0 Å². The molecule has 2 aromatic rings. The van der Waals surface area contributed by atoms with Crippen molar-refractivity contribution in [3.8, 4) is 11.1 Å². The average molecular weight is 422 g/mol. The molecule has 2 aromatic carbocycles. The minimum atomic E-state index is -1.02. The summed E-state index contributed by atoms with van der Waals surface area (Å²) in [6.45, 7) is 5.50. The van der Waals surface area contributed by atoms with Crippen molar-refractivity contribution in [3.63, 3.8) is 0 Å². The maximum atomic E-state index is 12.2. The summed E-state index contributed by atoms with van der Waals surface area (Å²) in [5, 5.41) is 6.09. The fourth-order valence-electron chi connectivity index (χ4n) is 3.62. The molecular weight excluding hydrogens is 396 g/mol. The third-order valence-corrected chi connectivity index (χ3v) is 4.90. The van der Waals surface area contributed by atoms with E-state index < -0.39 is 23.7 Å². The van der Waals surface area contributed by atoms with Crippen molar-refractivity contribution in [1.82, 2.24) is 5.32 Å². The van der Waals surface area contributed by atoms with Crippen LogP contribution in [0.5, 0.6) is 0 Å². The number of carbonyl (C=O) groups is 2. The number of nitrogens with zero attached hydrogens (tertiary/aromatic N) is 3. The first-order chi connectivity index (χ1) is 14.8. The van der Waals surface area contributed by atoms with Crippen molar-refractivity contribution >= 4 is 12.1 Å². The molecule has 3 rings (SSSR count). The maximum absolute atomic E-state index is 12.2. The van der Waals surface area contributed by atoms with Crippen molar-refractivity contribution in [2.24, 2.45) is 5.11 Å². The zero-order valence-corrected chi connectivity index (χ0v) is 17.9. The van der Waals surface area contributed by atoms with Crippen LogP contribution < -0.4 is 5.32 Å². The zero-order valence-electron chi connectivity index (χ0n) is 17.9. The standard InChI is InChI=1S/C23H26N4O4/c1-23(2,3)31-21(28)20(26-27-24)12-13-25-22(29)30-14-19-17-10-6-4-8-15(17)16-9-5-7-11-18(16)19/h4-11,19-20H,12-14H2,1-3H3,(H,25,29)/t20-/m0/s1. The Morgan fingerprint density at radius 2 is 1.68 bits per heavy atom. The Bertz CT molecular complexity index is 963. The second-order valence-electron chi connectivity index (χ2n) is 8.30. The molecule has 31 heavy (non-hydrogen) atoms. The van der Waals surface area contributed by atoms with Crippen LogP contribution in [0.2, 0.25) is 0 Å². The smallest absolute Gasteiger partial charge is 0.407 e. The molecule has 0 saturated heterocycles. The Balaban J connectivity index is 1.54. The van der Waals surface area contributed by atoms with Crippen molar-refractivity contribution in [3.05, 3.63) is 70.1 Å². The average Bonchev–Trinajstić information content (AvgIpc) is 3.04. The number of nitrogens with one attached hydrogen (secondary N) is 1. The molecule has 1 atom stereocenters. The van der Waals surface area contributed by atoms with Crippen molar-refractivity contribution in [2.45, 2.75) is 44.8 Å². The normalized spacial score (nSPS) is 13.4. The van der Waals surface area contributed by atoms with Gasteiger partial charge in [0.15, 0.2) is 0 Å². The largest absolute Gasteiger partial charge is 0.460 e. The fraction of sp³-hybridized carbons (Fsp3) is 0.391. The predicted octanol–water partition coefficient (Wildman–Crippen LogP) is 4.94. The van der Waals surface area contributed by atoms with E-state index in [1.54, 1.807) is 20.8 Å². The van der Waals surface area contributed by atoms with Gasteiger partial charge in [-0.2, -0.15) is 0 Å². The Kier molecular flexibility index (Phi) is 6.82. The van der Waals surface area contributed by atoms with E-state index in [9.17, 15) is 9.59 Å². The number of esters is 1. The van der Waals surface area contributed by atoms with Gasteiger partial charge in [-0.15, -0.1) is 0 Å². The van der Waals surface area contributed by atoms with Gasteiger partial charge in [0, 0.05) is 17.4 Å². The first-order valence-corrected chi connectivity index (χ1v) is 10.2. The van der Waals surface area contributed by atoms with E-state index in [0.29, 0.717) is 0 Å². The van der Waals surface area contributed by atoms with Crippen LogP contribution in [0.3, 0.4) is 0 Å². The van der Waals surface area contributed by atoms with E-state index in [1.165, 1.54) is 0 Å². The molecule has 8 nitrogen and oxygen atoms in total. The summed E-state index contributed by atoms with van der Waals surface area (Å²) in [5.41, 5.74) is 12.6. The minimum Gasteiger partial charge on any atom is -0.460 e. The van der Waals surface area contributed by atoms with Crippen molar-refractivity contribution in [1.29, 1.82) is 0 Å².